The third-order valence-corrected chi connectivity index (χ3v) is 3.62. The van der Waals surface area contributed by atoms with Crippen LogP contribution >= 0.6 is 0 Å². The van der Waals surface area contributed by atoms with E-state index in [9.17, 15) is 18.4 Å². The normalized spacial score (nSPS) is 9.79. The molecule has 0 aromatic heterocycles. The van der Waals surface area contributed by atoms with Crippen LogP contribution in [0.15, 0.2) is 84.9 Å². The number of nitrogens with zero attached hydrogens (tertiary/aromatic N) is 1. The Morgan fingerprint density at radius 2 is 1.25 bits per heavy atom. The Balaban J connectivity index is 0.000000397. The summed E-state index contributed by atoms with van der Waals surface area (Å²) in [5.74, 6) is -2.65. The van der Waals surface area contributed by atoms with Crippen molar-refractivity contribution in [3.8, 4) is 0 Å². The minimum absolute atomic E-state index is 0.120. The molecule has 2 N–H and O–H groups in total. The number of nitrogens with two attached hydrogens (primary N) is 1. The predicted octanol–water partition coefficient (Wildman–Crippen LogP) is 3.78. The van der Waals surface area contributed by atoms with E-state index in [1.54, 1.807) is 30.3 Å². The molecule has 3 aromatic carbocycles. The van der Waals surface area contributed by atoms with Gasteiger partial charge in [-0.15, -0.1) is 0 Å². The molecular weight excluding hydrogens is 362 g/mol. The molecule has 28 heavy (non-hydrogen) atoms. The van der Waals surface area contributed by atoms with Crippen LogP contribution in [0.3, 0.4) is 0 Å². The summed E-state index contributed by atoms with van der Waals surface area (Å²) in [5, 5.41) is 0. The van der Waals surface area contributed by atoms with Crippen molar-refractivity contribution in [2.24, 2.45) is 5.73 Å². The zero-order valence-electron chi connectivity index (χ0n) is 15.1. The maximum Gasteiger partial charge on any atom is 0.254 e. The van der Waals surface area contributed by atoms with Crippen LogP contribution in [0.2, 0.25) is 0 Å². The standard InChI is InChI=1S/C16H14F2N2O2.C6H6/c17-13-6-11(7-14(18)8-13)9-20(10-15(19)21)16(22)12-4-2-1-3-5-12;1-2-4-6-5-3-1/h1-8H,9-10H2,(H2,19,21);1-6H. The maximum atomic E-state index is 13.2. The van der Waals surface area contributed by atoms with Crippen LogP contribution < -0.4 is 5.73 Å². The average molecular weight is 382 g/mol. The highest BCUT2D eigenvalue weighted by atomic mass is 19.1. The smallest absolute Gasteiger partial charge is 0.254 e. The van der Waals surface area contributed by atoms with Gasteiger partial charge in [0.1, 0.15) is 11.6 Å². The molecule has 3 rings (SSSR count). The summed E-state index contributed by atoms with van der Waals surface area (Å²) < 4.78 is 26.5. The molecule has 0 radical (unpaired) electrons. The maximum absolute atomic E-state index is 13.2. The van der Waals surface area contributed by atoms with E-state index in [1.165, 1.54) is 0 Å². The van der Waals surface area contributed by atoms with Crippen LogP contribution in [0.5, 0.6) is 0 Å². The second kappa shape index (κ2) is 10.6. The molecule has 0 saturated heterocycles. The van der Waals surface area contributed by atoms with Gasteiger partial charge in [-0.2, -0.15) is 0 Å². The Labute approximate surface area is 162 Å². The number of carbonyl (C=O) groups excluding carboxylic acids is 2. The van der Waals surface area contributed by atoms with Crippen molar-refractivity contribution in [2.75, 3.05) is 6.54 Å². The number of amides is 2. The second-order valence-corrected chi connectivity index (χ2v) is 5.93. The number of hydrogen-bond acceptors (Lipinski definition) is 2. The summed E-state index contributed by atoms with van der Waals surface area (Å²) in [7, 11) is 0. The molecule has 4 nitrogen and oxygen atoms in total. The van der Waals surface area contributed by atoms with Crippen molar-refractivity contribution in [1.29, 1.82) is 0 Å². The summed E-state index contributed by atoms with van der Waals surface area (Å²) in [6.07, 6.45) is 0. The minimum atomic E-state index is -0.749. The molecule has 0 unspecified atom stereocenters. The number of carbonyl (C=O) groups is 2. The summed E-state index contributed by atoms with van der Waals surface area (Å²) in [6, 6.07) is 23.2. The fourth-order valence-corrected chi connectivity index (χ4v) is 2.46. The van der Waals surface area contributed by atoms with E-state index in [0.29, 0.717) is 5.56 Å². The lowest BCUT2D eigenvalue weighted by Gasteiger charge is -2.21. The lowest BCUT2D eigenvalue weighted by Crippen LogP contribution is -2.38. The summed E-state index contributed by atoms with van der Waals surface area (Å²) in [5.41, 5.74) is 5.74. The first kappa shape index (κ1) is 20.8. The van der Waals surface area contributed by atoms with E-state index in [2.05, 4.69) is 0 Å². The van der Waals surface area contributed by atoms with Gasteiger partial charge in [0.15, 0.2) is 0 Å². The fourth-order valence-electron chi connectivity index (χ4n) is 2.46. The monoisotopic (exact) mass is 382 g/mol. The van der Waals surface area contributed by atoms with Crippen LogP contribution in [0, 0.1) is 11.6 Å². The van der Waals surface area contributed by atoms with Crippen molar-refractivity contribution >= 4 is 11.8 Å². The summed E-state index contributed by atoms with van der Waals surface area (Å²) in [4.78, 5) is 24.7. The van der Waals surface area contributed by atoms with Crippen LogP contribution in [-0.4, -0.2) is 23.3 Å². The molecule has 0 spiro atoms. The molecule has 3 aromatic rings. The highest BCUT2D eigenvalue weighted by Gasteiger charge is 2.18. The zero-order valence-corrected chi connectivity index (χ0v) is 15.1. The Morgan fingerprint density at radius 3 is 1.71 bits per heavy atom. The van der Waals surface area contributed by atoms with Gasteiger partial charge in [0, 0.05) is 18.2 Å². The molecule has 2 amide bonds. The van der Waals surface area contributed by atoms with Gasteiger partial charge in [-0.25, -0.2) is 8.78 Å². The quantitative estimate of drug-likeness (QED) is 0.730. The topological polar surface area (TPSA) is 63.4 Å². The van der Waals surface area contributed by atoms with Crippen molar-refractivity contribution in [3.63, 3.8) is 0 Å². The lowest BCUT2D eigenvalue weighted by molar-refractivity contribution is -0.118. The molecular formula is C22H20F2N2O2. The first-order chi connectivity index (χ1) is 13.5. The van der Waals surface area contributed by atoms with Gasteiger partial charge < -0.3 is 10.6 Å². The number of halogens is 2. The van der Waals surface area contributed by atoms with Crippen molar-refractivity contribution in [2.45, 2.75) is 6.54 Å². The van der Waals surface area contributed by atoms with Gasteiger partial charge >= 0.3 is 0 Å². The zero-order chi connectivity index (χ0) is 20.4. The van der Waals surface area contributed by atoms with Gasteiger partial charge in [-0.05, 0) is 29.8 Å². The van der Waals surface area contributed by atoms with E-state index in [4.69, 9.17) is 5.73 Å². The van der Waals surface area contributed by atoms with E-state index in [-0.39, 0.29) is 18.7 Å². The van der Waals surface area contributed by atoms with Crippen molar-refractivity contribution in [3.05, 3.63) is 108 Å². The van der Waals surface area contributed by atoms with E-state index in [1.807, 2.05) is 36.4 Å². The Morgan fingerprint density at radius 1 is 0.786 bits per heavy atom. The number of primary amides is 1. The van der Waals surface area contributed by atoms with Gasteiger partial charge in [-0.1, -0.05) is 54.6 Å². The number of hydrogen-bond donors (Lipinski definition) is 1. The van der Waals surface area contributed by atoms with E-state index >= 15 is 0 Å². The van der Waals surface area contributed by atoms with Crippen LogP contribution in [0.4, 0.5) is 8.78 Å². The first-order valence-electron chi connectivity index (χ1n) is 8.53. The molecule has 0 atom stereocenters. The van der Waals surface area contributed by atoms with E-state index in [0.717, 1.165) is 23.1 Å². The predicted molar refractivity (Wildman–Crippen MR) is 103 cm³/mol. The molecule has 0 bridgehead atoms. The second-order valence-electron chi connectivity index (χ2n) is 5.93. The highest BCUT2D eigenvalue weighted by molar-refractivity contribution is 5.96. The number of rotatable bonds is 5. The van der Waals surface area contributed by atoms with Gasteiger partial charge in [-0.3, -0.25) is 9.59 Å². The van der Waals surface area contributed by atoms with Gasteiger partial charge in [0.2, 0.25) is 5.91 Å². The van der Waals surface area contributed by atoms with Gasteiger partial charge in [0.25, 0.3) is 5.91 Å². The third kappa shape index (κ3) is 6.99. The van der Waals surface area contributed by atoms with E-state index < -0.39 is 23.4 Å². The third-order valence-electron chi connectivity index (χ3n) is 3.62. The molecule has 0 fully saturated rings. The average Bonchev–Trinajstić information content (AvgIpc) is 2.68. The molecule has 0 aliphatic rings. The largest absolute Gasteiger partial charge is 0.368 e. The lowest BCUT2D eigenvalue weighted by atomic mass is 10.1. The van der Waals surface area contributed by atoms with Crippen LogP contribution in [-0.2, 0) is 11.3 Å². The molecule has 0 saturated carbocycles. The SMILES string of the molecule is NC(=O)CN(Cc1cc(F)cc(F)c1)C(=O)c1ccccc1.c1ccccc1. The Hall–Kier alpha value is -3.54. The minimum Gasteiger partial charge on any atom is -0.368 e. The van der Waals surface area contributed by atoms with Crippen LogP contribution in [0.1, 0.15) is 15.9 Å². The molecule has 6 heteroatoms. The van der Waals surface area contributed by atoms with Crippen LogP contribution in [0.25, 0.3) is 0 Å². The number of benzene rings is 3. The Kier molecular flexibility index (Phi) is 7.84. The fraction of sp³-hybridized carbons (Fsp3) is 0.0909. The molecule has 0 heterocycles. The summed E-state index contributed by atoms with van der Waals surface area (Å²) in [6.45, 7) is -0.461. The molecule has 0 aliphatic heterocycles. The van der Waals surface area contributed by atoms with Gasteiger partial charge in [0.05, 0.1) is 6.54 Å². The Bertz CT molecular complexity index is 856. The van der Waals surface area contributed by atoms with Crippen molar-refractivity contribution < 1.29 is 18.4 Å². The first-order valence-corrected chi connectivity index (χ1v) is 8.53. The molecule has 144 valence electrons. The van der Waals surface area contributed by atoms with Crippen molar-refractivity contribution in [1.82, 2.24) is 4.90 Å². The molecule has 0 aliphatic carbocycles. The highest BCUT2D eigenvalue weighted by Crippen LogP contribution is 2.13. The summed E-state index contributed by atoms with van der Waals surface area (Å²) >= 11 is 0.